The largest absolute Gasteiger partial charge is 0.497 e. The minimum absolute atomic E-state index is 0.884. The van der Waals surface area contributed by atoms with Crippen molar-refractivity contribution in [3.05, 3.63) is 24.0 Å². The molecule has 1 saturated carbocycles. The van der Waals surface area contributed by atoms with E-state index in [9.17, 15) is 0 Å². The molecule has 1 aliphatic carbocycles. The van der Waals surface area contributed by atoms with Gasteiger partial charge in [0.05, 0.1) is 18.1 Å². The van der Waals surface area contributed by atoms with Gasteiger partial charge in [-0.25, -0.2) is 4.98 Å². The Morgan fingerprint density at radius 2 is 2.11 bits per heavy atom. The van der Waals surface area contributed by atoms with Crippen LogP contribution in [0.3, 0.4) is 0 Å². The smallest absolute Gasteiger partial charge is 0.121 e. The average molecular weight is 258 g/mol. The Hall–Kier alpha value is -1.51. The molecule has 0 radical (unpaired) electrons. The summed E-state index contributed by atoms with van der Waals surface area (Å²) in [6.45, 7) is 0. The number of rotatable bonds is 4. The molecule has 0 aliphatic heterocycles. The molecule has 1 aromatic heterocycles. The minimum Gasteiger partial charge on any atom is -0.497 e. The number of hydrogen-bond donors (Lipinski definition) is 1. The fraction of sp³-hybridized carbons (Fsp3) is 0.562. The number of ether oxygens (including phenoxy) is 1. The van der Waals surface area contributed by atoms with Crippen LogP contribution in [0.5, 0.6) is 5.75 Å². The number of aromatic amines is 1. The lowest BCUT2D eigenvalue weighted by Gasteiger charge is -2.20. The molecule has 19 heavy (non-hydrogen) atoms. The lowest BCUT2D eigenvalue weighted by atomic mass is 9.86. The van der Waals surface area contributed by atoms with Gasteiger partial charge in [-0.05, 0) is 24.5 Å². The summed E-state index contributed by atoms with van der Waals surface area (Å²) in [5.41, 5.74) is 2.12. The Kier molecular flexibility index (Phi) is 3.72. The number of aromatic nitrogens is 2. The van der Waals surface area contributed by atoms with E-state index in [1.165, 1.54) is 38.5 Å². The summed E-state index contributed by atoms with van der Waals surface area (Å²) in [6.07, 6.45) is 9.44. The first-order chi connectivity index (χ1) is 9.35. The number of nitrogens with one attached hydrogen (secondary N) is 1. The van der Waals surface area contributed by atoms with Gasteiger partial charge in [-0.3, -0.25) is 0 Å². The predicted molar refractivity (Wildman–Crippen MR) is 77.5 cm³/mol. The average Bonchev–Trinajstić information content (AvgIpc) is 2.88. The first kappa shape index (κ1) is 12.5. The first-order valence-electron chi connectivity index (χ1n) is 7.38. The summed E-state index contributed by atoms with van der Waals surface area (Å²) in [5.74, 6) is 2.92. The minimum atomic E-state index is 0.884. The fourth-order valence-corrected chi connectivity index (χ4v) is 3.10. The third kappa shape index (κ3) is 2.91. The highest BCUT2D eigenvalue weighted by atomic mass is 16.5. The summed E-state index contributed by atoms with van der Waals surface area (Å²) in [4.78, 5) is 8.08. The lowest BCUT2D eigenvalue weighted by molar-refractivity contribution is 0.337. The van der Waals surface area contributed by atoms with E-state index in [0.717, 1.165) is 34.9 Å². The van der Waals surface area contributed by atoms with Gasteiger partial charge >= 0.3 is 0 Å². The van der Waals surface area contributed by atoms with Gasteiger partial charge in [0.1, 0.15) is 11.6 Å². The van der Waals surface area contributed by atoms with Crippen molar-refractivity contribution in [2.24, 2.45) is 5.92 Å². The number of methoxy groups -OCH3 is 1. The SMILES string of the molecule is COc1ccc2nc(CCC3CCCCC3)[nH]c2c1. The Balaban J connectivity index is 1.67. The van der Waals surface area contributed by atoms with E-state index >= 15 is 0 Å². The number of aryl methyl sites for hydroxylation is 1. The molecule has 1 aromatic carbocycles. The quantitative estimate of drug-likeness (QED) is 0.897. The highest BCUT2D eigenvalue weighted by Gasteiger charge is 2.14. The van der Waals surface area contributed by atoms with Crippen LogP contribution in [0.1, 0.15) is 44.3 Å². The van der Waals surface area contributed by atoms with Gasteiger partial charge in [0.2, 0.25) is 0 Å². The highest BCUT2D eigenvalue weighted by molar-refractivity contribution is 5.76. The maximum Gasteiger partial charge on any atom is 0.121 e. The molecule has 0 saturated heterocycles. The van der Waals surface area contributed by atoms with Crippen LogP contribution >= 0.6 is 0 Å². The molecule has 1 heterocycles. The van der Waals surface area contributed by atoms with E-state index < -0.39 is 0 Å². The van der Waals surface area contributed by atoms with Crippen LogP contribution in [0.15, 0.2) is 18.2 Å². The summed E-state index contributed by atoms with van der Waals surface area (Å²) >= 11 is 0. The zero-order chi connectivity index (χ0) is 13.1. The van der Waals surface area contributed by atoms with E-state index in [-0.39, 0.29) is 0 Å². The number of fused-ring (bicyclic) bond motifs is 1. The Morgan fingerprint density at radius 1 is 1.26 bits per heavy atom. The van der Waals surface area contributed by atoms with Crippen molar-refractivity contribution in [1.29, 1.82) is 0 Å². The van der Waals surface area contributed by atoms with E-state index in [2.05, 4.69) is 9.97 Å². The van der Waals surface area contributed by atoms with Gasteiger partial charge in [-0.2, -0.15) is 0 Å². The molecule has 0 bridgehead atoms. The van der Waals surface area contributed by atoms with Gasteiger partial charge in [0.15, 0.2) is 0 Å². The second kappa shape index (κ2) is 5.64. The highest BCUT2D eigenvalue weighted by Crippen LogP contribution is 2.27. The van der Waals surface area contributed by atoms with E-state index in [1.54, 1.807) is 7.11 Å². The van der Waals surface area contributed by atoms with Crippen LogP contribution < -0.4 is 4.74 Å². The van der Waals surface area contributed by atoms with E-state index in [4.69, 9.17) is 4.74 Å². The molecule has 1 aliphatic rings. The molecule has 3 nitrogen and oxygen atoms in total. The maximum absolute atomic E-state index is 5.24. The Labute approximate surface area is 114 Å². The molecule has 0 unspecified atom stereocenters. The fourth-order valence-electron chi connectivity index (χ4n) is 3.10. The van der Waals surface area contributed by atoms with Gasteiger partial charge < -0.3 is 9.72 Å². The van der Waals surface area contributed by atoms with Crippen molar-refractivity contribution in [3.63, 3.8) is 0 Å². The molecule has 0 spiro atoms. The van der Waals surface area contributed by atoms with Crippen LogP contribution in [-0.4, -0.2) is 17.1 Å². The van der Waals surface area contributed by atoms with Crippen molar-refractivity contribution >= 4 is 11.0 Å². The molecular weight excluding hydrogens is 236 g/mol. The Bertz CT molecular complexity index is 541. The van der Waals surface area contributed by atoms with Crippen molar-refractivity contribution in [2.75, 3.05) is 7.11 Å². The summed E-state index contributed by atoms with van der Waals surface area (Å²) in [7, 11) is 1.70. The lowest BCUT2D eigenvalue weighted by Crippen LogP contribution is -2.07. The number of imidazole rings is 1. The monoisotopic (exact) mass is 258 g/mol. The van der Waals surface area contributed by atoms with Gasteiger partial charge in [-0.15, -0.1) is 0 Å². The van der Waals surface area contributed by atoms with E-state index in [1.807, 2.05) is 18.2 Å². The summed E-state index contributed by atoms with van der Waals surface area (Å²) < 4.78 is 5.24. The van der Waals surface area contributed by atoms with Crippen LogP contribution in [0.4, 0.5) is 0 Å². The number of nitrogens with zero attached hydrogens (tertiary/aromatic N) is 1. The van der Waals surface area contributed by atoms with Crippen molar-refractivity contribution in [2.45, 2.75) is 44.9 Å². The number of hydrogen-bond acceptors (Lipinski definition) is 2. The second-order valence-corrected chi connectivity index (χ2v) is 5.61. The number of benzene rings is 1. The third-order valence-electron chi connectivity index (χ3n) is 4.25. The van der Waals surface area contributed by atoms with Gasteiger partial charge in [-0.1, -0.05) is 32.1 Å². The topological polar surface area (TPSA) is 37.9 Å². The molecule has 3 rings (SSSR count). The van der Waals surface area contributed by atoms with Crippen LogP contribution in [-0.2, 0) is 6.42 Å². The van der Waals surface area contributed by atoms with Crippen LogP contribution in [0.25, 0.3) is 11.0 Å². The predicted octanol–water partition coefficient (Wildman–Crippen LogP) is 4.08. The normalized spacial score (nSPS) is 16.9. The molecule has 3 heteroatoms. The molecule has 1 fully saturated rings. The van der Waals surface area contributed by atoms with Crippen LogP contribution in [0.2, 0.25) is 0 Å². The van der Waals surface area contributed by atoms with Gasteiger partial charge in [0.25, 0.3) is 0 Å². The van der Waals surface area contributed by atoms with E-state index in [0.29, 0.717) is 0 Å². The summed E-state index contributed by atoms with van der Waals surface area (Å²) in [5, 5.41) is 0. The standard InChI is InChI=1S/C16H22N2O/c1-19-13-8-9-14-15(11-13)18-16(17-14)10-7-12-5-3-2-4-6-12/h8-9,11-12H,2-7,10H2,1H3,(H,17,18). The summed E-state index contributed by atoms with van der Waals surface area (Å²) in [6, 6.07) is 6.01. The Morgan fingerprint density at radius 3 is 2.89 bits per heavy atom. The number of H-pyrrole nitrogens is 1. The van der Waals surface area contributed by atoms with Crippen molar-refractivity contribution in [1.82, 2.24) is 9.97 Å². The zero-order valence-electron chi connectivity index (χ0n) is 11.6. The first-order valence-corrected chi connectivity index (χ1v) is 7.38. The van der Waals surface area contributed by atoms with Gasteiger partial charge in [0, 0.05) is 12.5 Å². The molecular formula is C16H22N2O. The van der Waals surface area contributed by atoms with Crippen molar-refractivity contribution < 1.29 is 4.74 Å². The second-order valence-electron chi connectivity index (χ2n) is 5.61. The third-order valence-corrected chi connectivity index (χ3v) is 4.25. The molecule has 102 valence electrons. The molecule has 1 N–H and O–H groups in total. The maximum atomic E-state index is 5.24. The molecule has 0 amide bonds. The van der Waals surface area contributed by atoms with Crippen molar-refractivity contribution in [3.8, 4) is 5.75 Å². The van der Waals surface area contributed by atoms with Crippen LogP contribution in [0, 0.1) is 5.92 Å². The molecule has 0 atom stereocenters. The molecule has 2 aromatic rings. The zero-order valence-corrected chi connectivity index (χ0v) is 11.6.